The molecule has 0 aliphatic rings. The van der Waals surface area contributed by atoms with Crippen molar-refractivity contribution in [2.24, 2.45) is 5.84 Å². The normalized spacial score (nSPS) is 10.3. The lowest BCUT2D eigenvalue weighted by atomic mass is 10.1. The molecule has 0 spiro atoms. The first-order chi connectivity index (χ1) is 10.0. The van der Waals surface area contributed by atoms with Crippen LogP contribution in [0.2, 0.25) is 0 Å². The maximum Gasteiger partial charge on any atom is 0.254 e. The number of hydrogen-bond acceptors (Lipinski definition) is 4. The number of pyridine rings is 1. The smallest absolute Gasteiger partial charge is 0.254 e. The lowest BCUT2D eigenvalue weighted by Gasteiger charge is -2.18. The summed E-state index contributed by atoms with van der Waals surface area (Å²) in [6, 6.07) is 11.2. The minimum atomic E-state index is -0.0762. The average molecular weight is 349 g/mol. The van der Waals surface area contributed by atoms with Crippen LogP contribution in [0.25, 0.3) is 0 Å². The molecule has 2 rings (SSSR count). The van der Waals surface area contributed by atoms with E-state index in [9.17, 15) is 4.79 Å². The molecule has 1 aromatic carbocycles. The summed E-state index contributed by atoms with van der Waals surface area (Å²) in [6.07, 6.45) is 0. The largest absolute Gasteiger partial charge is 0.337 e. The first-order valence-corrected chi connectivity index (χ1v) is 7.24. The van der Waals surface area contributed by atoms with Gasteiger partial charge < -0.3 is 10.3 Å². The first kappa shape index (κ1) is 15.5. The molecule has 5 nitrogen and oxygen atoms in total. The molecule has 21 heavy (non-hydrogen) atoms. The molecule has 110 valence electrons. The number of hydrogen-bond donors (Lipinski definition) is 2. The SMILES string of the molecule is Cc1cc(C(=O)N(C)Cc2ccccc2Br)cc(NN)n1. The van der Waals surface area contributed by atoms with Crippen LogP contribution in [-0.4, -0.2) is 22.8 Å². The topological polar surface area (TPSA) is 71.2 Å². The van der Waals surface area contributed by atoms with E-state index in [0.29, 0.717) is 17.9 Å². The number of nitrogen functional groups attached to an aromatic ring is 1. The first-order valence-electron chi connectivity index (χ1n) is 6.45. The van der Waals surface area contributed by atoms with E-state index in [1.807, 2.05) is 31.2 Å². The van der Waals surface area contributed by atoms with Crippen molar-refractivity contribution in [1.82, 2.24) is 9.88 Å². The van der Waals surface area contributed by atoms with Crippen LogP contribution in [0.15, 0.2) is 40.9 Å². The Kier molecular flexibility index (Phi) is 4.93. The summed E-state index contributed by atoms with van der Waals surface area (Å²) in [7, 11) is 1.77. The minimum Gasteiger partial charge on any atom is -0.337 e. The molecule has 0 unspecified atom stereocenters. The predicted octanol–water partition coefficient (Wildman–Crippen LogP) is 2.71. The fraction of sp³-hybridized carbons (Fsp3) is 0.200. The molecule has 3 N–H and O–H groups in total. The molecule has 1 heterocycles. The van der Waals surface area contributed by atoms with Gasteiger partial charge in [-0.1, -0.05) is 34.1 Å². The van der Waals surface area contributed by atoms with Crippen molar-refractivity contribution in [3.05, 3.63) is 57.7 Å². The van der Waals surface area contributed by atoms with Crippen molar-refractivity contribution in [3.63, 3.8) is 0 Å². The number of carbonyl (C=O) groups is 1. The third-order valence-electron chi connectivity index (χ3n) is 3.06. The summed E-state index contributed by atoms with van der Waals surface area (Å²) in [4.78, 5) is 18.3. The van der Waals surface area contributed by atoms with Crippen molar-refractivity contribution in [2.75, 3.05) is 12.5 Å². The van der Waals surface area contributed by atoms with Gasteiger partial charge >= 0.3 is 0 Å². The monoisotopic (exact) mass is 348 g/mol. The number of benzene rings is 1. The number of hydrazine groups is 1. The predicted molar refractivity (Wildman–Crippen MR) is 86.7 cm³/mol. The molecule has 0 aliphatic carbocycles. The Morgan fingerprint density at radius 3 is 2.76 bits per heavy atom. The molecular formula is C15H17BrN4O. The molecule has 0 fully saturated rings. The van der Waals surface area contributed by atoms with E-state index in [0.717, 1.165) is 15.7 Å². The van der Waals surface area contributed by atoms with Crippen LogP contribution in [0.4, 0.5) is 5.82 Å². The molecule has 0 saturated heterocycles. The number of carbonyl (C=O) groups excluding carboxylic acids is 1. The van der Waals surface area contributed by atoms with Gasteiger partial charge in [-0.3, -0.25) is 4.79 Å². The molecule has 0 atom stereocenters. The van der Waals surface area contributed by atoms with E-state index in [-0.39, 0.29) is 5.91 Å². The molecule has 0 saturated carbocycles. The van der Waals surface area contributed by atoms with Crippen LogP contribution in [0.3, 0.4) is 0 Å². The Morgan fingerprint density at radius 2 is 2.10 bits per heavy atom. The summed E-state index contributed by atoms with van der Waals surface area (Å²) in [5.74, 6) is 5.77. The van der Waals surface area contributed by atoms with Crippen LogP contribution >= 0.6 is 15.9 Å². The van der Waals surface area contributed by atoms with Gasteiger partial charge in [-0.15, -0.1) is 0 Å². The number of nitrogens with zero attached hydrogens (tertiary/aromatic N) is 2. The molecule has 0 bridgehead atoms. The highest BCUT2D eigenvalue weighted by Gasteiger charge is 2.14. The highest BCUT2D eigenvalue weighted by molar-refractivity contribution is 9.10. The summed E-state index contributed by atoms with van der Waals surface area (Å²) in [6.45, 7) is 2.35. The summed E-state index contributed by atoms with van der Waals surface area (Å²) >= 11 is 3.49. The number of nitrogens with two attached hydrogens (primary N) is 1. The van der Waals surface area contributed by atoms with E-state index in [1.165, 1.54) is 0 Å². The Hall–Kier alpha value is -1.92. The van der Waals surface area contributed by atoms with Crippen LogP contribution in [0.1, 0.15) is 21.6 Å². The van der Waals surface area contributed by atoms with Crippen LogP contribution in [-0.2, 0) is 6.54 Å². The second-order valence-corrected chi connectivity index (χ2v) is 5.63. The highest BCUT2D eigenvalue weighted by atomic mass is 79.9. The van der Waals surface area contributed by atoms with E-state index in [1.54, 1.807) is 24.1 Å². The van der Waals surface area contributed by atoms with Crippen molar-refractivity contribution in [2.45, 2.75) is 13.5 Å². The Bertz CT molecular complexity index is 660. The third-order valence-corrected chi connectivity index (χ3v) is 3.83. The van der Waals surface area contributed by atoms with Crippen molar-refractivity contribution < 1.29 is 4.79 Å². The number of rotatable bonds is 4. The number of nitrogens with one attached hydrogen (secondary N) is 1. The number of amides is 1. The average Bonchev–Trinajstić information content (AvgIpc) is 2.48. The van der Waals surface area contributed by atoms with Crippen LogP contribution in [0, 0.1) is 6.92 Å². The van der Waals surface area contributed by atoms with Gasteiger partial charge in [0, 0.05) is 29.3 Å². The van der Waals surface area contributed by atoms with Crippen molar-refractivity contribution in [3.8, 4) is 0 Å². The van der Waals surface area contributed by atoms with Crippen LogP contribution in [0.5, 0.6) is 0 Å². The zero-order valence-electron chi connectivity index (χ0n) is 11.9. The standard InChI is InChI=1S/C15H17BrN4O/c1-10-7-12(8-14(18-10)19-17)15(21)20(2)9-11-5-3-4-6-13(11)16/h3-8H,9,17H2,1-2H3,(H,18,19). The summed E-state index contributed by atoms with van der Waals surface area (Å²) < 4.78 is 0.986. The number of aromatic nitrogens is 1. The summed E-state index contributed by atoms with van der Waals surface area (Å²) in [5.41, 5.74) is 4.82. The van der Waals surface area contributed by atoms with Gasteiger partial charge in [0.1, 0.15) is 5.82 Å². The second kappa shape index (κ2) is 6.69. The van der Waals surface area contributed by atoms with Gasteiger partial charge in [0.25, 0.3) is 5.91 Å². The van der Waals surface area contributed by atoms with Gasteiger partial charge in [0.15, 0.2) is 0 Å². The molecule has 6 heteroatoms. The van der Waals surface area contributed by atoms with Crippen molar-refractivity contribution >= 4 is 27.7 Å². The highest BCUT2D eigenvalue weighted by Crippen LogP contribution is 2.19. The van der Waals surface area contributed by atoms with Gasteiger partial charge in [-0.2, -0.15) is 0 Å². The maximum absolute atomic E-state index is 12.5. The molecule has 1 amide bonds. The van der Waals surface area contributed by atoms with E-state index < -0.39 is 0 Å². The minimum absolute atomic E-state index is 0.0762. The lowest BCUT2D eigenvalue weighted by molar-refractivity contribution is 0.0784. The Balaban J connectivity index is 2.20. The molecule has 0 aliphatic heterocycles. The van der Waals surface area contributed by atoms with E-state index in [4.69, 9.17) is 5.84 Å². The number of halogens is 1. The molecule has 1 aromatic heterocycles. The number of anilines is 1. The molecule has 2 aromatic rings. The van der Waals surface area contributed by atoms with Gasteiger partial charge in [0.05, 0.1) is 0 Å². The quantitative estimate of drug-likeness (QED) is 0.658. The van der Waals surface area contributed by atoms with Gasteiger partial charge in [0.2, 0.25) is 0 Å². The fourth-order valence-electron chi connectivity index (χ4n) is 2.04. The van der Waals surface area contributed by atoms with E-state index >= 15 is 0 Å². The Morgan fingerprint density at radius 1 is 1.38 bits per heavy atom. The van der Waals surface area contributed by atoms with E-state index in [2.05, 4.69) is 26.3 Å². The number of aryl methyl sites for hydroxylation is 1. The summed E-state index contributed by atoms with van der Waals surface area (Å²) in [5, 5.41) is 0. The zero-order valence-corrected chi connectivity index (χ0v) is 13.5. The maximum atomic E-state index is 12.5. The second-order valence-electron chi connectivity index (χ2n) is 4.78. The molecular weight excluding hydrogens is 332 g/mol. The van der Waals surface area contributed by atoms with Crippen molar-refractivity contribution in [1.29, 1.82) is 0 Å². The Labute approximate surface area is 132 Å². The van der Waals surface area contributed by atoms with Crippen LogP contribution < -0.4 is 11.3 Å². The van der Waals surface area contributed by atoms with Gasteiger partial charge in [-0.25, -0.2) is 10.8 Å². The molecule has 0 radical (unpaired) electrons. The lowest BCUT2D eigenvalue weighted by Crippen LogP contribution is -2.26. The zero-order chi connectivity index (χ0) is 15.4. The fourth-order valence-corrected chi connectivity index (χ4v) is 2.45. The van der Waals surface area contributed by atoms with Gasteiger partial charge in [-0.05, 0) is 30.7 Å². The third kappa shape index (κ3) is 3.80.